The molecule has 0 saturated carbocycles. The average molecular weight is 280 g/mol. The van der Waals surface area contributed by atoms with Crippen molar-refractivity contribution in [3.8, 4) is 0 Å². The van der Waals surface area contributed by atoms with Gasteiger partial charge in [-0.15, -0.1) is 0 Å². The van der Waals surface area contributed by atoms with Crippen molar-refractivity contribution in [3.05, 3.63) is 35.9 Å². The summed E-state index contributed by atoms with van der Waals surface area (Å²) in [5.74, 6) is -1.09. The molecule has 0 fully saturated rings. The number of carbonyl (C=O) groups excluding carboxylic acids is 1. The van der Waals surface area contributed by atoms with E-state index < -0.39 is 18.0 Å². The van der Waals surface area contributed by atoms with Gasteiger partial charge in [0.05, 0.1) is 6.61 Å². The van der Waals surface area contributed by atoms with E-state index in [2.05, 4.69) is 5.32 Å². The van der Waals surface area contributed by atoms with Gasteiger partial charge in [-0.25, -0.2) is 9.59 Å². The summed E-state index contributed by atoms with van der Waals surface area (Å²) in [7, 11) is 1.55. The molecule has 6 nitrogen and oxygen atoms in total. The fourth-order valence-electron chi connectivity index (χ4n) is 1.75. The van der Waals surface area contributed by atoms with Crippen LogP contribution in [0.1, 0.15) is 18.5 Å². The van der Waals surface area contributed by atoms with Crippen LogP contribution in [0.15, 0.2) is 30.3 Å². The minimum absolute atomic E-state index is 0.407. The van der Waals surface area contributed by atoms with Crippen molar-refractivity contribution in [2.45, 2.75) is 13.0 Å². The second kappa shape index (κ2) is 8.16. The monoisotopic (exact) mass is 280 g/mol. The van der Waals surface area contributed by atoms with E-state index in [-0.39, 0.29) is 0 Å². The molecular formula is C14H20N2O4. The van der Waals surface area contributed by atoms with Gasteiger partial charge in [-0.05, 0) is 12.5 Å². The first kappa shape index (κ1) is 16.0. The minimum atomic E-state index is -1.09. The van der Waals surface area contributed by atoms with E-state index in [0.717, 1.165) is 0 Å². The summed E-state index contributed by atoms with van der Waals surface area (Å²) in [5, 5.41) is 11.8. The molecule has 0 aliphatic heterocycles. The molecule has 0 heterocycles. The van der Waals surface area contributed by atoms with Gasteiger partial charge < -0.3 is 20.1 Å². The first-order chi connectivity index (χ1) is 9.60. The van der Waals surface area contributed by atoms with Crippen LogP contribution >= 0.6 is 0 Å². The molecule has 2 N–H and O–H groups in total. The van der Waals surface area contributed by atoms with Gasteiger partial charge >= 0.3 is 12.0 Å². The van der Waals surface area contributed by atoms with Crippen LogP contribution in [0.25, 0.3) is 0 Å². The molecular weight excluding hydrogens is 260 g/mol. The third-order valence-electron chi connectivity index (χ3n) is 2.88. The molecule has 0 aliphatic carbocycles. The van der Waals surface area contributed by atoms with Gasteiger partial charge in [-0.3, -0.25) is 0 Å². The second-order valence-corrected chi connectivity index (χ2v) is 4.20. The summed E-state index contributed by atoms with van der Waals surface area (Å²) in [6.07, 6.45) is 0. The molecule has 1 aromatic rings. The van der Waals surface area contributed by atoms with Crippen molar-refractivity contribution in [3.63, 3.8) is 0 Å². The Bertz CT molecular complexity index is 436. The normalized spacial score (nSPS) is 11.7. The molecule has 0 spiro atoms. The number of benzene rings is 1. The predicted octanol–water partition coefficient (Wildman–Crippen LogP) is 1.49. The number of carboxylic acid groups (broad SMARTS) is 1. The lowest BCUT2D eigenvalue weighted by Crippen LogP contribution is -2.44. The molecule has 110 valence electrons. The number of hydrogen-bond donors (Lipinski definition) is 2. The summed E-state index contributed by atoms with van der Waals surface area (Å²) >= 11 is 0. The summed E-state index contributed by atoms with van der Waals surface area (Å²) in [6, 6.07) is 7.14. The largest absolute Gasteiger partial charge is 0.479 e. The van der Waals surface area contributed by atoms with Crippen LogP contribution in [-0.4, -0.2) is 48.8 Å². The van der Waals surface area contributed by atoms with Crippen LogP contribution in [0, 0.1) is 0 Å². The Morgan fingerprint density at radius 3 is 2.50 bits per heavy atom. The van der Waals surface area contributed by atoms with Crippen molar-refractivity contribution in [1.82, 2.24) is 10.2 Å². The Morgan fingerprint density at radius 1 is 1.35 bits per heavy atom. The summed E-state index contributed by atoms with van der Waals surface area (Å²) < 4.78 is 4.92. The van der Waals surface area contributed by atoms with Crippen molar-refractivity contribution < 1.29 is 19.4 Å². The molecule has 6 heteroatoms. The number of methoxy groups -OCH3 is 1. The average Bonchev–Trinajstić information content (AvgIpc) is 2.46. The fraction of sp³-hybridized carbons (Fsp3) is 0.429. The van der Waals surface area contributed by atoms with Gasteiger partial charge in [0, 0.05) is 20.2 Å². The van der Waals surface area contributed by atoms with Gasteiger partial charge in [0.15, 0.2) is 6.04 Å². The second-order valence-electron chi connectivity index (χ2n) is 4.20. The molecule has 0 aromatic heterocycles. The lowest BCUT2D eigenvalue weighted by atomic mass is 10.1. The molecule has 0 unspecified atom stereocenters. The van der Waals surface area contributed by atoms with E-state index >= 15 is 0 Å². The molecule has 0 saturated heterocycles. The Balaban J connectivity index is 2.75. The number of nitrogens with zero attached hydrogens (tertiary/aromatic N) is 1. The van der Waals surface area contributed by atoms with Crippen LogP contribution in [0.5, 0.6) is 0 Å². The van der Waals surface area contributed by atoms with E-state index in [9.17, 15) is 14.7 Å². The molecule has 0 radical (unpaired) electrons. The van der Waals surface area contributed by atoms with Crippen LogP contribution in [0.3, 0.4) is 0 Å². The van der Waals surface area contributed by atoms with E-state index in [4.69, 9.17) is 4.74 Å². The number of carbonyl (C=O) groups is 2. The number of ether oxygens (including phenoxy) is 1. The maximum Gasteiger partial charge on any atom is 0.330 e. The summed E-state index contributed by atoms with van der Waals surface area (Å²) in [5.41, 5.74) is 0.538. The summed E-state index contributed by atoms with van der Waals surface area (Å²) in [4.78, 5) is 24.9. The Morgan fingerprint density at radius 2 is 2.00 bits per heavy atom. The lowest BCUT2D eigenvalue weighted by Gasteiger charge is -2.23. The highest BCUT2D eigenvalue weighted by Crippen LogP contribution is 2.13. The first-order valence-corrected chi connectivity index (χ1v) is 6.42. The van der Waals surface area contributed by atoms with E-state index in [1.807, 2.05) is 6.92 Å². The quantitative estimate of drug-likeness (QED) is 0.793. The van der Waals surface area contributed by atoms with Crippen LogP contribution < -0.4 is 5.32 Å². The van der Waals surface area contributed by atoms with Crippen LogP contribution in [-0.2, 0) is 9.53 Å². The zero-order valence-corrected chi connectivity index (χ0v) is 11.7. The third-order valence-corrected chi connectivity index (χ3v) is 2.88. The molecule has 0 bridgehead atoms. The highest BCUT2D eigenvalue weighted by molar-refractivity contribution is 5.83. The smallest absolute Gasteiger partial charge is 0.330 e. The number of urea groups is 1. The molecule has 2 amide bonds. The van der Waals surface area contributed by atoms with E-state index in [0.29, 0.717) is 25.3 Å². The molecule has 1 aromatic carbocycles. The third kappa shape index (κ3) is 4.55. The maximum atomic E-state index is 12.1. The van der Waals surface area contributed by atoms with Gasteiger partial charge in [0.25, 0.3) is 0 Å². The lowest BCUT2D eigenvalue weighted by molar-refractivity contribution is -0.139. The standard InChI is InChI=1S/C14H20N2O4/c1-3-16(9-10-20-2)14(19)15-12(13(17)18)11-7-5-4-6-8-11/h4-8,12H,3,9-10H2,1-2H3,(H,15,19)(H,17,18)/t12-/m1/s1. The van der Waals surface area contributed by atoms with Gasteiger partial charge in [0.2, 0.25) is 0 Å². The molecule has 20 heavy (non-hydrogen) atoms. The molecule has 0 aliphatic rings. The molecule has 1 atom stereocenters. The van der Waals surface area contributed by atoms with Crippen LogP contribution in [0.4, 0.5) is 4.79 Å². The first-order valence-electron chi connectivity index (χ1n) is 6.42. The number of nitrogens with one attached hydrogen (secondary N) is 1. The highest BCUT2D eigenvalue weighted by Gasteiger charge is 2.23. The zero-order valence-electron chi connectivity index (χ0n) is 11.7. The number of rotatable bonds is 7. The van der Waals surface area contributed by atoms with Gasteiger partial charge in [-0.2, -0.15) is 0 Å². The van der Waals surface area contributed by atoms with Crippen LogP contribution in [0.2, 0.25) is 0 Å². The zero-order chi connectivity index (χ0) is 15.0. The topological polar surface area (TPSA) is 78.9 Å². The van der Waals surface area contributed by atoms with E-state index in [1.165, 1.54) is 4.90 Å². The van der Waals surface area contributed by atoms with E-state index in [1.54, 1.807) is 37.4 Å². The maximum absolute atomic E-state index is 12.1. The Kier molecular flexibility index (Phi) is 6.52. The number of likely N-dealkylation sites (N-methyl/N-ethyl adjacent to an activating group) is 1. The Labute approximate surface area is 118 Å². The van der Waals surface area contributed by atoms with Crippen molar-refractivity contribution >= 4 is 12.0 Å². The number of hydrogen-bond acceptors (Lipinski definition) is 3. The Hall–Kier alpha value is -2.08. The predicted molar refractivity (Wildman–Crippen MR) is 74.5 cm³/mol. The van der Waals surface area contributed by atoms with Crippen molar-refractivity contribution in [2.75, 3.05) is 26.8 Å². The number of amides is 2. The van der Waals surface area contributed by atoms with Gasteiger partial charge in [-0.1, -0.05) is 30.3 Å². The minimum Gasteiger partial charge on any atom is -0.479 e. The number of aliphatic carboxylic acids is 1. The van der Waals surface area contributed by atoms with Gasteiger partial charge in [0.1, 0.15) is 0 Å². The molecule has 1 rings (SSSR count). The van der Waals surface area contributed by atoms with Crippen molar-refractivity contribution in [2.24, 2.45) is 0 Å². The van der Waals surface area contributed by atoms with Crippen molar-refractivity contribution in [1.29, 1.82) is 0 Å². The number of carboxylic acids is 1. The summed E-state index contributed by atoms with van der Waals surface area (Å²) in [6.45, 7) is 3.13. The SMILES string of the molecule is CCN(CCOC)C(=O)N[C@@H](C(=O)O)c1ccccc1. The highest BCUT2D eigenvalue weighted by atomic mass is 16.5. The fourth-order valence-corrected chi connectivity index (χ4v) is 1.75.